The van der Waals surface area contributed by atoms with Crippen LogP contribution in [0.15, 0.2) is 48.5 Å². The third kappa shape index (κ3) is 4.11. The van der Waals surface area contributed by atoms with Crippen LogP contribution in [0.25, 0.3) is 10.9 Å². The Morgan fingerprint density at radius 1 is 1.00 bits per heavy atom. The Balaban J connectivity index is 1.31. The van der Waals surface area contributed by atoms with Crippen LogP contribution in [0.5, 0.6) is 0 Å². The van der Waals surface area contributed by atoms with Crippen molar-refractivity contribution in [2.24, 2.45) is 0 Å². The van der Waals surface area contributed by atoms with E-state index in [0.29, 0.717) is 18.0 Å². The number of aromatic nitrogens is 1. The second-order valence-electron chi connectivity index (χ2n) is 9.61. The number of piperazine rings is 1. The van der Waals surface area contributed by atoms with E-state index < -0.39 is 6.04 Å². The molecule has 2 amide bonds. The predicted molar refractivity (Wildman–Crippen MR) is 134 cm³/mol. The predicted octanol–water partition coefficient (Wildman–Crippen LogP) is 3.23. The number of carbonyl (C=O) groups excluding carboxylic acids is 2. The maximum atomic E-state index is 13.8. The number of amides is 2. The smallest absolute Gasteiger partial charge is 0.246 e. The largest absolute Gasteiger partial charge is 0.379 e. The van der Waals surface area contributed by atoms with E-state index in [4.69, 9.17) is 16.3 Å². The number of ether oxygens (including phenoxy) is 1. The van der Waals surface area contributed by atoms with Crippen molar-refractivity contribution in [1.29, 1.82) is 0 Å². The lowest BCUT2D eigenvalue weighted by molar-refractivity contribution is -0.158. The van der Waals surface area contributed by atoms with Crippen molar-refractivity contribution in [2.45, 2.75) is 24.9 Å². The molecule has 182 valence electrons. The number of carbonyl (C=O) groups is 2. The first-order valence-corrected chi connectivity index (χ1v) is 12.7. The van der Waals surface area contributed by atoms with Crippen molar-refractivity contribution in [3.8, 4) is 0 Å². The second kappa shape index (κ2) is 9.30. The third-order valence-corrected chi connectivity index (χ3v) is 7.79. The Hall–Kier alpha value is -2.87. The lowest BCUT2D eigenvalue weighted by Gasteiger charge is -2.47. The summed E-state index contributed by atoms with van der Waals surface area (Å²) in [5.74, 6) is 0.0340. The molecule has 6 rings (SSSR count). The molecule has 4 heterocycles. The first-order valence-electron chi connectivity index (χ1n) is 12.3. The highest BCUT2D eigenvalue weighted by Crippen LogP contribution is 2.42. The summed E-state index contributed by atoms with van der Waals surface area (Å²) in [4.78, 5) is 36.8. The number of nitrogens with zero attached hydrogens (tertiary/aromatic N) is 3. The molecule has 1 N–H and O–H groups in total. The van der Waals surface area contributed by atoms with E-state index in [1.807, 2.05) is 47.4 Å². The summed E-state index contributed by atoms with van der Waals surface area (Å²) in [6.45, 7) is 5.01. The molecule has 8 heteroatoms. The van der Waals surface area contributed by atoms with Crippen LogP contribution in [0.4, 0.5) is 0 Å². The van der Waals surface area contributed by atoms with Crippen LogP contribution in [-0.2, 0) is 20.7 Å². The Labute approximate surface area is 209 Å². The fraction of sp³-hybridized carbons (Fsp3) is 0.407. The molecule has 2 aromatic carbocycles. The summed E-state index contributed by atoms with van der Waals surface area (Å²) < 4.78 is 5.43. The maximum Gasteiger partial charge on any atom is 0.246 e. The topological polar surface area (TPSA) is 68.9 Å². The van der Waals surface area contributed by atoms with Gasteiger partial charge in [-0.05, 0) is 35.7 Å². The molecule has 0 spiro atoms. The van der Waals surface area contributed by atoms with Crippen molar-refractivity contribution in [3.63, 3.8) is 0 Å². The minimum Gasteiger partial charge on any atom is -0.379 e. The highest BCUT2D eigenvalue weighted by molar-refractivity contribution is 6.30. The van der Waals surface area contributed by atoms with Crippen LogP contribution in [0, 0.1) is 0 Å². The van der Waals surface area contributed by atoms with Gasteiger partial charge < -0.3 is 19.5 Å². The number of rotatable bonds is 5. The summed E-state index contributed by atoms with van der Waals surface area (Å²) in [5.41, 5.74) is 4.09. The maximum absolute atomic E-state index is 13.8. The highest BCUT2D eigenvalue weighted by Gasteiger charge is 2.48. The number of H-pyrrole nitrogens is 1. The molecule has 35 heavy (non-hydrogen) atoms. The lowest BCUT2D eigenvalue weighted by Crippen LogP contribution is -2.63. The SMILES string of the molecule is O=C1[C@H]2Cc3c([nH]c4ccccc34)[C@H](c3ccc(Cl)cc3)N2C(=O)CN1CCCN1CCOCC1. The lowest BCUT2D eigenvalue weighted by atomic mass is 9.86. The third-order valence-electron chi connectivity index (χ3n) is 7.53. The van der Waals surface area contributed by atoms with Gasteiger partial charge in [-0.15, -0.1) is 0 Å². The van der Waals surface area contributed by atoms with E-state index >= 15 is 0 Å². The first-order chi connectivity index (χ1) is 17.1. The summed E-state index contributed by atoms with van der Waals surface area (Å²) in [6.07, 6.45) is 1.37. The van der Waals surface area contributed by atoms with Crippen LogP contribution < -0.4 is 0 Å². The Morgan fingerprint density at radius 3 is 2.57 bits per heavy atom. The second-order valence-corrected chi connectivity index (χ2v) is 10.0. The molecule has 0 saturated carbocycles. The fourth-order valence-electron chi connectivity index (χ4n) is 5.81. The monoisotopic (exact) mass is 492 g/mol. The molecule has 0 unspecified atom stereocenters. The zero-order valence-corrected chi connectivity index (χ0v) is 20.3. The van der Waals surface area contributed by atoms with Gasteiger partial charge in [0.2, 0.25) is 11.8 Å². The van der Waals surface area contributed by atoms with Gasteiger partial charge >= 0.3 is 0 Å². The number of hydrogen-bond donors (Lipinski definition) is 1. The number of para-hydroxylation sites is 1. The molecule has 7 nitrogen and oxygen atoms in total. The van der Waals surface area contributed by atoms with E-state index in [1.54, 1.807) is 4.90 Å². The summed E-state index contributed by atoms with van der Waals surface area (Å²) in [6, 6.07) is 14.9. The number of halogens is 1. The molecule has 0 aliphatic carbocycles. The van der Waals surface area contributed by atoms with E-state index in [1.165, 1.54) is 0 Å². The normalized spacial score (nSPS) is 23.0. The van der Waals surface area contributed by atoms with Gasteiger partial charge in [0.05, 0.1) is 25.8 Å². The number of hydrogen-bond acceptors (Lipinski definition) is 4. The molecule has 0 bridgehead atoms. The number of benzene rings is 2. The number of fused-ring (bicyclic) bond motifs is 4. The fourth-order valence-corrected chi connectivity index (χ4v) is 5.94. The van der Waals surface area contributed by atoms with E-state index in [9.17, 15) is 9.59 Å². The van der Waals surface area contributed by atoms with Crippen molar-refractivity contribution in [3.05, 3.63) is 70.4 Å². The first kappa shape index (κ1) is 22.6. The molecule has 2 atom stereocenters. The van der Waals surface area contributed by atoms with Gasteiger partial charge in [-0.1, -0.05) is 41.9 Å². The number of nitrogens with one attached hydrogen (secondary N) is 1. The Kier molecular flexibility index (Phi) is 6.00. The summed E-state index contributed by atoms with van der Waals surface area (Å²) in [7, 11) is 0. The van der Waals surface area contributed by atoms with Gasteiger partial charge in [0.1, 0.15) is 6.04 Å². The summed E-state index contributed by atoms with van der Waals surface area (Å²) in [5, 5.41) is 1.76. The van der Waals surface area contributed by atoms with Crippen molar-refractivity contribution < 1.29 is 14.3 Å². The number of morpholine rings is 1. The number of aromatic amines is 1. The molecule has 2 fully saturated rings. The van der Waals surface area contributed by atoms with Crippen LogP contribution >= 0.6 is 11.6 Å². The molecular formula is C27H29ClN4O3. The van der Waals surface area contributed by atoms with Crippen molar-refractivity contribution in [2.75, 3.05) is 45.9 Å². The minimum absolute atomic E-state index is 0.00905. The zero-order chi connectivity index (χ0) is 23.9. The van der Waals surface area contributed by atoms with Gasteiger partial charge in [0.15, 0.2) is 0 Å². The van der Waals surface area contributed by atoms with Gasteiger partial charge in [-0.25, -0.2) is 0 Å². The van der Waals surface area contributed by atoms with Crippen molar-refractivity contribution >= 4 is 34.3 Å². The van der Waals surface area contributed by atoms with E-state index in [-0.39, 0.29) is 24.4 Å². The Morgan fingerprint density at radius 2 is 1.77 bits per heavy atom. The van der Waals surface area contributed by atoms with Crippen LogP contribution in [0.2, 0.25) is 5.02 Å². The molecular weight excluding hydrogens is 464 g/mol. The van der Waals surface area contributed by atoms with Gasteiger partial charge in [0, 0.05) is 54.2 Å². The van der Waals surface area contributed by atoms with Crippen molar-refractivity contribution in [1.82, 2.24) is 19.7 Å². The standard InChI is InChI=1S/C27H29ClN4O3/c28-19-8-6-18(7-9-19)26-25-21(20-4-1-2-5-22(20)29-25)16-23-27(34)31(17-24(33)32(23)26)11-3-10-30-12-14-35-15-13-30/h1-2,4-9,23,26,29H,3,10-17H2/t23-,26+/m1/s1. The Bertz CT molecular complexity index is 1250. The highest BCUT2D eigenvalue weighted by atomic mass is 35.5. The van der Waals surface area contributed by atoms with Crippen LogP contribution in [-0.4, -0.2) is 83.5 Å². The molecule has 1 aromatic heterocycles. The van der Waals surface area contributed by atoms with Gasteiger partial charge in [0.25, 0.3) is 0 Å². The van der Waals surface area contributed by atoms with E-state index in [0.717, 1.165) is 67.0 Å². The molecule has 3 aromatic rings. The van der Waals surface area contributed by atoms with Crippen LogP contribution in [0.1, 0.15) is 29.3 Å². The van der Waals surface area contributed by atoms with Gasteiger partial charge in [-0.3, -0.25) is 14.5 Å². The summed E-state index contributed by atoms with van der Waals surface area (Å²) >= 11 is 6.17. The molecule has 3 aliphatic rings. The zero-order valence-electron chi connectivity index (χ0n) is 19.6. The van der Waals surface area contributed by atoms with Gasteiger partial charge in [-0.2, -0.15) is 0 Å². The average molecular weight is 493 g/mol. The van der Waals surface area contributed by atoms with Crippen LogP contribution in [0.3, 0.4) is 0 Å². The molecule has 2 saturated heterocycles. The minimum atomic E-state index is -0.507. The molecule has 3 aliphatic heterocycles. The van der Waals surface area contributed by atoms with E-state index in [2.05, 4.69) is 16.0 Å². The average Bonchev–Trinajstić information content (AvgIpc) is 3.25. The molecule has 0 radical (unpaired) electrons. The quantitative estimate of drug-likeness (QED) is 0.593.